The van der Waals surface area contributed by atoms with Crippen LogP contribution in [0.2, 0.25) is 0 Å². The minimum Gasteiger partial charge on any atom is -0.494 e. The summed E-state index contributed by atoms with van der Waals surface area (Å²) in [5.41, 5.74) is 1.91. The molecular formula is C14H16N2O2. The smallest absolute Gasteiger partial charge is 0.145 e. The molecular weight excluding hydrogens is 228 g/mol. The zero-order valence-corrected chi connectivity index (χ0v) is 10.3. The van der Waals surface area contributed by atoms with Crippen molar-refractivity contribution in [1.29, 1.82) is 0 Å². The van der Waals surface area contributed by atoms with Gasteiger partial charge in [0.15, 0.2) is 0 Å². The van der Waals surface area contributed by atoms with Gasteiger partial charge in [0.05, 0.1) is 32.1 Å². The van der Waals surface area contributed by atoms with E-state index in [1.807, 2.05) is 24.3 Å². The first kappa shape index (κ1) is 11.4. The Labute approximate surface area is 106 Å². The number of methoxy groups -OCH3 is 1. The van der Waals surface area contributed by atoms with E-state index < -0.39 is 0 Å². The van der Waals surface area contributed by atoms with E-state index in [9.17, 15) is 0 Å². The molecule has 1 aliphatic rings. The van der Waals surface area contributed by atoms with Gasteiger partial charge in [0.2, 0.25) is 0 Å². The first-order valence-electron chi connectivity index (χ1n) is 6.13. The average molecular weight is 244 g/mol. The van der Waals surface area contributed by atoms with Crippen molar-refractivity contribution in [1.82, 2.24) is 10.3 Å². The quantitative estimate of drug-likeness (QED) is 0.876. The summed E-state index contributed by atoms with van der Waals surface area (Å²) in [7, 11) is 1.67. The first-order chi connectivity index (χ1) is 8.88. The van der Waals surface area contributed by atoms with Crippen LogP contribution in [0.15, 0.2) is 30.3 Å². The highest BCUT2D eigenvalue weighted by Crippen LogP contribution is 2.25. The van der Waals surface area contributed by atoms with Crippen LogP contribution >= 0.6 is 0 Å². The van der Waals surface area contributed by atoms with Crippen LogP contribution in [0.3, 0.4) is 0 Å². The number of pyridine rings is 1. The predicted octanol–water partition coefficient (Wildman–Crippen LogP) is 1.90. The summed E-state index contributed by atoms with van der Waals surface area (Å²) in [5, 5.41) is 4.50. The number of para-hydroxylation sites is 1. The van der Waals surface area contributed by atoms with Crippen molar-refractivity contribution in [3.63, 3.8) is 0 Å². The maximum atomic E-state index is 5.47. The van der Waals surface area contributed by atoms with Crippen LogP contribution in [0.25, 0.3) is 10.9 Å². The molecule has 1 fully saturated rings. The third kappa shape index (κ3) is 2.05. The summed E-state index contributed by atoms with van der Waals surface area (Å²) in [4.78, 5) is 4.70. The number of benzene rings is 1. The maximum Gasteiger partial charge on any atom is 0.145 e. The highest BCUT2D eigenvalue weighted by atomic mass is 16.5. The van der Waals surface area contributed by atoms with E-state index >= 15 is 0 Å². The number of rotatable bonds is 2. The van der Waals surface area contributed by atoms with E-state index in [1.165, 1.54) is 0 Å². The van der Waals surface area contributed by atoms with Crippen LogP contribution in [-0.4, -0.2) is 31.9 Å². The molecule has 94 valence electrons. The average Bonchev–Trinajstić information content (AvgIpc) is 2.47. The van der Waals surface area contributed by atoms with E-state index in [-0.39, 0.29) is 6.04 Å². The molecule has 1 unspecified atom stereocenters. The number of fused-ring (bicyclic) bond motifs is 1. The summed E-state index contributed by atoms with van der Waals surface area (Å²) in [6.45, 7) is 2.32. The second kappa shape index (κ2) is 4.92. The Morgan fingerprint density at radius 3 is 3.06 bits per heavy atom. The lowest BCUT2D eigenvalue weighted by Gasteiger charge is -2.23. The molecule has 4 heteroatoms. The molecule has 1 saturated heterocycles. The topological polar surface area (TPSA) is 43.4 Å². The van der Waals surface area contributed by atoms with Gasteiger partial charge in [0, 0.05) is 11.9 Å². The highest BCUT2D eigenvalue weighted by molar-refractivity contribution is 5.84. The Bertz CT molecular complexity index is 550. The molecule has 2 aromatic rings. The van der Waals surface area contributed by atoms with Gasteiger partial charge >= 0.3 is 0 Å². The minimum atomic E-state index is 0.174. The molecule has 0 aliphatic carbocycles. The van der Waals surface area contributed by atoms with Crippen molar-refractivity contribution in [2.75, 3.05) is 26.9 Å². The minimum absolute atomic E-state index is 0.174. The van der Waals surface area contributed by atoms with E-state index in [1.54, 1.807) is 7.11 Å². The van der Waals surface area contributed by atoms with Gasteiger partial charge in [-0.05, 0) is 12.1 Å². The molecule has 2 heterocycles. The molecule has 1 aliphatic heterocycles. The van der Waals surface area contributed by atoms with Crippen molar-refractivity contribution >= 4 is 10.9 Å². The lowest BCUT2D eigenvalue weighted by Crippen LogP contribution is -2.35. The molecule has 0 saturated carbocycles. The second-order valence-corrected chi connectivity index (χ2v) is 4.35. The highest BCUT2D eigenvalue weighted by Gasteiger charge is 2.17. The van der Waals surface area contributed by atoms with Crippen molar-refractivity contribution in [2.24, 2.45) is 0 Å². The standard InChI is InChI=1S/C14H16N2O2/c1-17-13-4-2-3-10-5-6-11(16-14(10)13)12-9-18-8-7-15-12/h2-6,12,15H,7-9H2,1H3. The van der Waals surface area contributed by atoms with Crippen LogP contribution in [-0.2, 0) is 4.74 Å². The molecule has 1 atom stereocenters. The summed E-state index contributed by atoms with van der Waals surface area (Å²) in [5.74, 6) is 0.811. The zero-order chi connectivity index (χ0) is 12.4. The summed E-state index contributed by atoms with van der Waals surface area (Å²) >= 11 is 0. The lowest BCUT2D eigenvalue weighted by atomic mass is 10.1. The van der Waals surface area contributed by atoms with Crippen molar-refractivity contribution in [3.05, 3.63) is 36.0 Å². The third-order valence-corrected chi connectivity index (χ3v) is 3.20. The monoisotopic (exact) mass is 244 g/mol. The van der Waals surface area contributed by atoms with E-state index in [0.717, 1.165) is 35.5 Å². The Kier molecular flexibility index (Phi) is 3.13. The maximum absolute atomic E-state index is 5.47. The zero-order valence-electron chi connectivity index (χ0n) is 10.3. The Morgan fingerprint density at radius 1 is 1.33 bits per heavy atom. The van der Waals surface area contributed by atoms with Gasteiger partial charge < -0.3 is 14.8 Å². The molecule has 1 aromatic carbocycles. The number of aromatic nitrogens is 1. The fourth-order valence-corrected chi connectivity index (χ4v) is 2.25. The predicted molar refractivity (Wildman–Crippen MR) is 69.9 cm³/mol. The van der Waals surface area contributed by atoms with Gasteiger partial charge in [-0.25, -0.2) is 4.98 Å². The number of hydrogen-bond donors (Lipinski definition) is 1. The Balaban J connectivity index is 2.03. The fraction of sp³-hybridized carbons (Fsp3) is 0.357. The van der Waals surface area contributed by atoms with Crippen molar-refractivity contribution in [2.45, 2.75) is 6.04 Å². The fourth-order valence-electron chi connectivity index (χ4n) is 2.25. The lowest BCUT2D eigenvalue weighted by molar-refractivity contribution is 0.0757. The van der Waals surface area contributed by atoms with Crippen LogP contribution in [0.5, 0.6) is 5.75 Å². The van der Waals surface area contributed by atoms with Gasteiger partial charge in [0.25, 0.3) is 0 Å². The van der Waals surface area contributed by atoms with Gasteiger partial charge in [-0.3, -0.25) is 0 Å². The van der Waals surface area contributed by atoms with E-state index in [4.69, 9.17) is 14.5 Å². The molecule has 18 heavy (non-hydrogen) atoms. The SMILES string of the molecule is COc1cccc2ccc(C3COCCN3)nc12. The van der Waals surface area contributed by atoms with Crippen molar-refractivity contribution in [3.8, 4) is 5.75 Å². The van der Waals surface area contributed by atoms with Crippen molar-refractivity contribution < 1.29 is 9.47 Å². The molecule has 1 N–H and O–H groups in total. The van der Waals surface area contributed by atoms with Crippen LogP contribution in [0, 0.1) is 0 Å². The van der Waals surface area contributed by atoms with Gasteiger partial charge in [0.1, 0.15) is 11.3 Å². The molecule has 0 amide bonds. The van der Waals surface area contributed by atoms with Crippen LogP contribution < -0.4 is 10.1 Å². The number of nitrogens with zero attached hydrogens (tertiary/aromatic N) is 1. The van der Waals surface area contributed by atoms with Gasteiger partial charge in [-0.15, -0.1) is 0 Å². The molecule has 1 aromatic heterocycles. The number of ether oxygens (including phenoxy) is 2. The van der Waals surface area contributed by atoms with Crippen LogP contribution in [0.1, 0.15) is 11.7 Å². The van der Waals surface area contributed by atoms with Gasteiger partial charge in [-0.1, -0.05) is 18.2 Å². The number of morpholine rings is 1. The second-order valence-electron chi connectivity index (χ2n) is 4.35. The normalized spacial score (nSPS) is 19.9. The molecule has 0 spiro atoms. The van der Waals surface area contributed by atoms with Crippen LogP contribution in [0.4, 0.5) is 0 Å². The third-order valence-electron chi connectivity index (χ3n) is 3.20. The molecule has 0 radical (unpaired) electrons. The Hall–Kier alpha value is -1.65. The molecule has 3 rings (SSSR count). The number of nitrogens with one attached hydrogen (secondary N) is 1. The Morgan fingerprint density at radius 2 is 2.28 bits per heavy atom. The molecule has 4 nitrogen and oxygen atoms in total. The van der Waals surface area contributed by atoms with E-state index in [0.29, 0.717) is 6.61 Å². The van der Waals surface area contributed by atoms with E-state index in [2.05, 4.69) is 11.4 Å². The number of hydrogen-bond acceptors (Lipinski definition) is 4. The molecule has 0 bridgehead atoms. The largest absolute Gasteiger partial charge is 0.494 e. The first-order valence-corrected chi connectivity index (χ1v) is 6.13. The summed E-state index contributed by atoms with van der Waals surface area (Å²) in [6, 6.07) is 10.3. The van der Waals surface area contributed by atoms with Gasteiger partial charge in [-0.2, -0.15) is 0 Å². The summed E-state index contributed by atoms with van der Waals surface area (Å²) in [6.07, 6.45) is 0. The summed E-state index contributed by atoms with van der Waals surface area (Å²) < 4.78 is 10.8.